The average Bonchev–Trinajstić information content (AvgIpc) is 2.52. The van der Waals surface area contributed by atoms with Crippen LogP contribution in [0, 0.1) is 5.92 Å². The predicted octanol–water partition coefficient (Wildman–Crippen LogP) is 2.07. The lowest BCUT2D eigenvalue weighted by molar-refractivity contribution is -0.118. The summed E-state index contributed by atoms with van der Waals surface area (Å²) < 4.78 is 0. The lowest BCUT2D eigenvalue weighted by Crippen LogP contribution is -2.38. The van der Waals surface area contributed by atoms with Gasteiger partial charge in [0.1, 0.15) is 0 Å². The number of nitrogens with one attached hydrogen (secondary N) is 2. The maximum Gasteiger partial charge on any atom is 0.216 e. The van der Waals surface area contributed by atoms with Gasteiger partial charge in [-0.3, -0.25) is 4.79 Å². The molecule has 1 fully saturated rings. The summed E-state index contributed by atoms with van der Waals surface area (Å²) >= 11 is 0. The van der Waals surface area contributed by atoms with Gasteiger partial charge in [-0.05, 0) is 25.7 Å². The Morgan fingerprint density at radius 1 is 1.19 bits per heavy atom. The monoisotopic (exact) mass is 226 g/mol. The molecular weight excluding hydrogens is 200 g/mol. The minimum absolute atomic E-state index is 0.0592. The lowest BCUT2D eigenvalue weighted by atomic mass is 9.93. The molecule has 1 aliphatic rings. The zero-order chi connectivity index (χ0) is 11.8. The first kappa shape index (κ1) is 13.5. The Balaban J connectivity index is 2.12. The van der Waals surface area contributed by atoms with Crippen LogP contribution in [0.4, 0.5) is 0 Å². The second-order valence-electron chi connectivity index (χ2n) is 4.98. The highest BCUT2D eigenvalue weighted by atomic mass is 16.1. The van der Waals surface area contributed by atoms with Crippen LogP contribution in [0.1, 0.15) is 52.4 Å². The van der Waals surface area contributed by atoms with Crippen molar-refractivity contribution in [1.29, 1.82) is 0 Å². The van der Waals surface area contributed by atoms with Crippen LogP contribution in [-0.4, -0.2) is 25.0 Å². The van der Waals surface area contributed by atoms with E-state index in [2.05, 4.69) is 17.6 Å². The second kappa shape index (κ2) is 7.66. The molecule has 1 amide bonds. The Labute approximate surface area is 99.4 Å². The van der Waals surface area contributed by atoms with Crippen molar-refractivity contribution in [2.45, 2.75) is 58.4 Å². The van der Waals surface area contributed by atoms with Crippen LogP contribution in [-0.2, 0) is 4.79 Å². The number of rotatable bonds is 5. The van der Waals surface area contributed by atoms with Crippen LogP contribution in [0.2, 0.25) is 0 Å². The minimum Gasteiger partial charge on any atom is -0.355 e. The third-order valence-electron chi connectivity index (χ3n) is 3.57. The van der Waals surface area contributed by atoms with Gasteiger partial charge in [-0.25, -0.2) is 0 Å². The van der Waals surface area contributed by atoms with Crippen molar-refractivity contribution in [3.8, 4) is 0 Å². The van der Waals surface area contributed by atoms with E-state index in [-0.39, 0.29) is 5.91 Å². The Morgan fingerprint density at radius 3 is 2.38 bits per heavy atom. The minimum atomic E-state index is 0.0592. The second-order valence-corrected chi connectivity index (χ2v) is 4.98. The first-order chi connectivity index (χ1) is 7.70. The van der Waals surface area contributed by atoms with Crippen molar-refractivity contribution in [3.05, 3.63) is 0 Å². The molecule has 1 saturated carbocycles. The fourth-order valence-electron chi connectivity index (χ4n) is 2.52. The van der Waals surface area contributed by atoms with E-state index in [9.17, 15) is 4.79 Å². The molecule has 0 spiro atoms. The zero-order valence-corrected chi connectivity index (χ0v) is 10.7. The van der Waals surface area contributed by atoms with Gasteiger partial charge in [-0.2, -0.15) is 0 Å². The van der Waals surface area contributed by atoms with Crippen LogP contribution < -0.4 is 10.6 Å². The smallest absolute Gasteiger partial charge is 0.216 e. The molecule has 0 heterocycles. The van der Waals surface area contributed by atoms with Gasteiger partial charge >= 0.3 is 0 Å². The van der Waals surface area contributed by atoms with Gasteiger partial charge in [0.05, 0.1) is 0 Å². The van der Waals surface area contributed by atoms with Crippen LogP contribution in [0.15, 0.2) is 0 Å². The quantitative estimate of drug-likeness (QED) is 0.556. The lowest BCUT2D eigenvalue weighted by Gasteiger charge is -2.23. The highest BCUT2D eigenvalue weighted by molar-refractivity contribution is 5.72. The van der Waals surface area contributed by atoms with Crippen molar-refractivity contribution in [2.75, 3.05) is 13.1 Å². The standard InChI is InChI=1S/C13H26N2O/c1-11(14-9-10-15-12(2)16)13-7-5-3-4-6-8-13/h11,13-14H,3-10H2,1-2H3,(H,15,16)/t11-/m1/s1. The molecule has 0 unspecified atom stereocenters. The molecule has 1 rings (SSSR count). The summed E-state index contributed by atoms with van der Waals surface area (Å²) in [4.78, 5) is 10.7. The van der Waals surface area contributed by atoms with Gasteiger partial charge in [0.2, 0.25) is 5.91 Å². The zero-order valence-electron chi connectivity index (χ0n) is 10.7. The number of carbonyl (C=O) groups is 1. The molecule has 0 bridgehead atoms. The van der Waals surface area contributed by atoms with Crippen molar-refractivity contribution in [3.63, 3.8) is 0 Å². The summed E-state index contributed by atoms with van der Waals surface area (Å²) in [6, 6.07) is 0.590. The maximum absolute atomic E-state index is 10.7. The molecule has 16 heavy (non-hydrogen) atoms. The van der Waals surface area contributed by atoms with Crippen LogP contribution in [0.3, 0.4) is 0 Å². The maximum atomic E-state index is 10.7. The summed E-state index contributed by atoms with van der Waals surface area (Å²) in [5, 5.41) is 6.34. The Morgan fingerprint density at radius 2 is 1.81 bits per heavy atom. The molecule has 94 valence electrons. The van der Waals surface area contributed by atoms with E-state index in [0.717, 1.165) is 19.0 Å². The summed E-state index contributed by atoms with van der Waals surface area (Å²) in [6.45, 7) is 5.47. The molecule has 0 aliphatic heterocycles. The molecule has 1 atom stereocenters. The van der Waals surface area contributed by atoms with Crippen molar-refractivity contribution in [2.24, 2.45) is 5.92 Å². The predicted molar refractivity (Wildman–Crippen MR) is 67.3 cm³/mol. The molecule has 0 aromatic rings. The van der Waals surface area contributed by atoms with Crippen molar-refractivity contribution >= 4 is 5.91 Å². The van der Waals surface area contributed by atoms with Crippen LogP contribution >= 0.6 is 0 Å². The fourth-order valence-corrected chi connectivity index (χ4v) is 2.52. The Bertz CT molecular complexity index is 198. The van der Waals surface area contributed by atoms with E-state index in [1.165, 1.54) is 38.5 Å². The molecule has 0 aromatic heterocycles. The molecule has 0 radical (unpaired) electrons. The fraction of sp³-hybridized carbons (Fsp3) is 0.923. The van der Waals surface area contributed by atoms with E-state index in [1.54, 1.807) is 6.92 Å². The van der Waals surface area contributed by atoms with Gasteiger partial charge in [0.25, 0.3) is 0 Å². The molecule has 2 N–H and O–H groups in total. The van der Waals surface area contributed by atoms with E-state index < -0.39 is 0 Å². The third-order valence-corrected chi connectivity index (χ3v) is 3.57. The van der Waals surface area contributed by atoms with E-state index in [4.69, 9.17) is 0 Å². The van der Waals surface area contributed by atoms with Gasteiger partial charge in [0.15, 0.2) is 0 Å². The van der Waals surface area contributed by atoms with Gasteiger partial charge in [0, 0.05) is 26.1 Å². The SMILES string of the molecule is CC(=O)NCCN[C@H](C)C1CCCCCC1. The Hall–Kier alpha value is -0.570. The highest BCUT2D eigenvalue weighted by Gasteiger charge is 2.18. The van der Waals surface area contributed by atoms with Crippen molar-refractivity contribution in [1.82, 2.24) is 10.6 Å². The summed E-state index contributed by atoms with van der Waals surface area (Å²) in [7, 11) is 0. The first-order valence-electron chi connectivity index (χ1n) is 6.68. The molecule has 3 heteroatoms. The van der Waals surface area contributed by atoms with Crippen LogP contribution in [0.5, 0.6) is 0 Å². The first-order valence-corrected chi connectivity index (χ1v) is 6.68. The van der Waals surface area contributed by atoms with Gasteiger partial charge in [-0.1, -0.05) is 25.7 Å². The number of carbonyl (C=O) groups excluding carboxylic acids is 1. The molecule has 0 aromatic carbocycles. The summed E-state index contributed by atoms with van der Waals surface area (Å²) in [5.41, 5.74) is 0. The average molecular weight is 226 g/mol. The van der Waals surface area contributed by atoms with E-state index >= 15 is 0 Å². The highest BCUT2D eigenvalue weighted by Crippen LogP contribution is 2.25. The number of hydrogen-bond donors (Lipinski definition) is 2. The summed E-state index contributed by atoms with van der Waals surface area (Å²) in [5.74, 6) is 0.892. The Kier molecular flexibility index (Phi) is 6.46. The van der Waals surface area contributed by atoms with Crippen LogP contribution in [0.25, 0.3) is 0 Å². The third kappa shape index (κ3) is 5.50. The molecule has 3 nitrogen and oxygen atoms in total. The topological polar surface area (TPSA) is 41.1 Å². The number of hydrogen-bond acceptors (Lipinski definition) is 2. The van der Waals surface area contributed by atoms with E-state index in [1.807, 2.05) is 0 Å². The molecular formula is C13H26N2O. The largest absolute Gasteiger partial charge is 0.355 e. The van der Waals surface area contributed by atoms with Crippen molar-refractivity contribution < 1.29 is 4.79 Å². The molecule has 0 saturated heterocycles. The van der Waals surface area contributed by atoms with Gasteiger partial charge < -0.3 is 10.6 Å². The van der Waals surface area contributed by atoms with Gasteiger partial charge in [-0.15, -0.1) is 0 Å². The summed E-state index contributed by atoms with van der Waals surface area (Å²) in [6.07, 6.45) is 8.34. The van der Waals surface area contributed by atoms with E-state index in [0.29, 0.717) is 6.04 Å². The number of amides is 1. The molecule has 1 aliphatic carbocycles. The normalized spacial score (nSPS) is 20.1.